The van der Waals surface area contributed by atoms with E-state index in [1.54, 1.807) is 30.6 Å². The van der Waals surface area contributed by atoms with Crippen LogP contribution >= 0.6 is 35.2 Å². The minimum absolute atomic E-state index is 0.327. The van der Waals surface area contributed by atoms with Gasteiger partial charge in [0.2, 0.25) is 11.7 Å². The van der Waals surface area contributed by atoms with Gasteiger partial charge in [0.25, 0.3) is 0 Å². The molecule has 0 fully saturated rings. The standard InChI is InChI=1S/C15H13ClN4O2S2/c1-21-11-5-4-9(7-10(11)16)18-15(23)17-8-13-19-14(20-22-13)12-3-2-6-24-12/h2-7H,8H2,1H3,(H2,17,18,23). The van der Waals surface area contributed by atoms with Gasteiger partial charge in [-0.3, -0.25) is 0 Å². The van der Waals surface area contributed by atoms with Crippen LogP contribution in [-0.2, 0) is 6.54 Å². The molecule has 124 valence electrons. The lowest BCUT2D eigenvalue weighted by Gasteiger charge is -2.10. The lowest BCUT2D eigenvalue weighted by molar-refractivity contribution is 0.376. The molecule has 0 aliphatic heterocycles. The fourth-order valence-corrected chi connectivity index (χ4v) is 3.00. The van der Waals surface area contributed by atoms with Crippen molar-refractivity contribution in [2.45, 2.75) is 6.54 Å². The SMILES string of the molecule is COc1ccc(NC(=S)NCc2nc(-c3cccs3)no2)cc1Cl. The molecule has 0 unspecified atom stereocenters. The highest BCUT2D eigenvalue weighted by atomic mass is 35.5. The molecular weight excluding hydrogens is 368 g/mol. The van der Waals surface area contributed by atoms with E-state index in [1.807, 2.05) is 23.6 Å². The van der Waals surface area contributed by atoms with Crippen LogP contribution in [0.4, 0.5) is 5.69 Å². The summed E-state index contributed by atoms with van der Waals surface area (Å²) in [7, 11) is 1.56. The molecule has 3 aromatic rings. The molecule has 0 aliphatic carbocycles. The van der Waals surface area contributed by atoms with Crippen LogP contribution in [0.3, 0.4) is 0 Å². The van der Waals surface area contributed by atoms with E-state index >= 15 is 0 Å². The van der Waals surface area contributed by atoms with E-state index < -0.39 is 0 Å². The monoisotopic (exact) mass is 380 g/mol. The van der Waals surface area contributed by atoms with Gasteiger partial charge in [-0.1, -0.05) is 22.8 Å². The highest BCUT2D eigenvalue weighted by Gasteiger charge is 2.10. The van der Waals surface area contributed by atoms with Gasteiger partial charge in [0.15, 0.2) is 5.11 Å². The molecule has 0 atom stereocenters. The van der Waals surface area contributed by atoms with Gasteiger partial charge in [-0.15, -0.1) is 11.3 Å². The largest absolute Gasteiger partial charge is 0.495 e. The summed E-state index contributed by atoms with van der Waals surface area (Å²) in [5.74, 6) is 1.63. The van der Waals surface area contributed by atoms with Crippen LogP contribution in [-0.4, -0.2) is 22.4 Å². The normalized spacial score (nSPS) is 10.4. The number of anilines is 1. The van der Waals surface area contributed by atoms with Gasteiger partial charge in [0.05, 0.1) is 23.6 Å². The van der Waals surface area contributed by atoms with E-state index in [0.717, 1.165) is 10.6 Å². The number of thiophene rings is 1. The predicted octanol–water partition coefficient (Wildman–Crippen LogP) is 3.95. The molecule has 1 aromatic carbocycles. The first-order valence-electron chi connectivity index (χ1n) is 6.90. The number of thiocarbonyl (C=S) groups is 1. The summed E-state index contributed by atoms with van der Waals surface area (Å²) in [4.78, 5) is 5.27. The third-order valence-electron chi connectivity index (χ3n) is 3.02. The number of hydrogen-bond donors (Lipinski definition) is 2. The van der Waals surface area contributed by atoms with Gasteiger partial charge in [-0.2, -0.15) is 4.98 Å². The molecule has 0 amide bonds. The molecule has 2 heterocycles. The van der Waals surface area contributed by atoms with Crippen LogP contribution in [0.2, 0.25) is 5.02 Å². The number of hydrogen-bond acceptors (Lipinski definition) is 6. The minimum atomic E-state index is 0.327. The van der Waals surface area contributed by atoms with Crippen molar-refractivity contribution in [2.75, 3.05) is 12.4 Å². The average molecular weight is 381 g/mol. The molecule has 3 rings (SSSR count). The number of halogens is 1. The maximum absolute atomic E-state index is 6.08. The number of rotatable bonds is 5. The molecular formula is C15H13ClN4O2S2. The van der Waals surface area contributed by atoms with Gasteiger partial charge >= 0.3 is 0 Å². The molecule has 0 saturated heterocycles. The fourth-order valence-electron chi connectivity index (χ4n) is 1.91. The lowest BCUT2D eigenvalue weighted by Crippen LogP contribution is -2.28. The van der Waals surface area contributed by atoms with Crippen molar-refractivity contribution in [3.05, 3.63) is 46.6 Å². The molecule has 0 spiro atoms. The summed E-state index contributed by atoms with van der Waals surface area (Å²) < 4.78 is 10.3. The molecule has 24 heavy (non-hydrogen) atoms. The number of methoxy groups -OCH3 is 1. The number of ether oxygens (including phenoxy) is 1. The second kappa shape index (κ2) is 7.61. The molecule has 0 radical (unpaired) electrons. The summed E-state index contributed by atoms with van der Waals surface area (Å²) in [6.45, 7) is 0.327. The molecule has 2 aromatic heterocycles. The zero-order valence-electron chi connectivity index (χ0n) is 12.6. The van der Waals surface area contributed by atoms with Crippen LogP contribution in [0, 0.1) is 0 Å². The molecule has 0 aliphatic rings. The quantitative estimate of drug-likeness (QED) is 0.649. The van der Waals surface area contributed by atoms with Crippen LogP contribution in [0.5, 0.6) is 5.75 Å². The van der Waals surface area contributed by atoms with Crippen molar-refractivity contribution in [2.24, 2.45) is 0 Å². The van der Waals surface area contributed by atoms with Gasteiger partial charge in [0.1, 0.15) is 5.75 Å². The second-order valence-corrected chi connectivity index (χ2v) is 6.41. The smallest absolute Gasteiger partial charge is 0.246 e. The summed E-state index contributed by atoms with van der Waals surface area (Å²) in [6, 6.07) is 9.19. The summed E-state index contributed by atoms with van der Waals surface area (Å²) in [5, 5.41) is 12.9. The fraction of sp³-hybridized carbons (Fsp3) is 0.133. The minimum Gasteiger partial charge on any atom is -0.495 e. The zero-order valence-corrected chi connectivity index (χ0v) is 15.0. The van der Waals surface area contributed by atoms with E-state index in [1.165, 1.54) is 0 Å². The van der Waals surface area contributed by atoms with E-state index in [0.29, 0.717) is 34.1 Å². The van der Waals surface area contributed by atoms with Gasteiger partial charge in [0, 0.05) is 5.69 Å². The van der Waals surface area contributed by atoms with Gasteiger partial charge < -0.3 is 19.9 Å². The number of aromatic nitrogens is 2. The first-order chi connectivity index (χ1) is 11.7. The second-order valence-electron chi connectivity index (χ2n) is 4.65. The lowest BCUT2D eigenvalue weighted by atomic mass is 10.3. The first-order valence-corrected chi connectivity index (χ1v) is 8.57. The molecule has 2 N–H and O–H groups in total. The van der Waals surface area contributed by atoms with Crippen LogP contribution < -0.4 is 15.4 Å². The third-order valence-corrected chi connectivity index (χ3v) is 4.43. The highest BCUT2D eigenvalue weighted by Crippen LogP contribution is 2.27. The highest BCUT2D eigenvalue weighted by molar-refractivity contribution is 7.80. The van der Waals surface area contributed by atoms with Gasteiger partial charge in [-0.05, 0) is 41.9 Å². The Kier molecular flexibility index (Phi) is 5.29. The van der Waals surface area contributed by atoms with E-state index in [2.05, 4.69) is 20.8 Å². The van der Waals surface area contributed by atoms with Crippen molar-refractivity contribution in [1.82, 2.24) is 15.5 Å². The number of nitrogens with zero attached hydrogens (tertiary/aromatic N) is 2. The maximum atomic E-state index is 6.08. The molecule has 0 bridgehead atoms. The maximum Gasteiger partial charge on any atom is 0.246 e. The van der Waals surface area contributed by atoms with Gasteiger partial charge in [-0.25, -0.2) is 0 Å². The van der Waals surface area contributed by atoms with E-state index in [4.69, 9.17) is 33.1 Å². The zero-order chi connectivity index (χ0) is 16.9. The Hall–Kier alpha value is -2.16. The first kappa shape index (κ1) is 16.7. The summed E-state index contributed by atoms with van der Waals surface area (Å²) in [5.41, 5.74) is 0.753. The molecule has 0 saturated carbocycles. The van der Waals surface area contributed by atoms with Crippen molar-refractivity contribution in [1.29, 1.82) is 0 Å². The summed E-state index contributed by atoms with van der Waals surface area (Å²) >= 11 is 12.9. The van der Waals surface area contributed by atoms with E-state index in [9.17, 15) is 0 Å². The Balaban J connectivity index is 1.55. The summed E-state index contributed by atoms with van der Waals surface area (Å²) in [6.07, 6.45) is 0. The van der Waals surface area contributed by atoms with Crippen molar-refractivity contribution >= 4 is 46.0 Å². The van der Waals surface area contributed by atoms with Crippen molar-refractivity contribution in [3.63, 3.8) is 0 Å². The Morgan fingerprint density at radius 1 is 1.42 bits per heavy atom. The Morgan fingerprint density at radius 3 is 3.00 bits per heavy atom. The van der Waals surface area contributed by atoms with Crippen molar-refractivity contribution in [3.8, 4) is 16.5 Å². The van der Waals surface area contributed by atoms with Crippen LogP contribution in [0.15, 0.2) is 40.2 Å². The Morgan fingerprint density at radius 2 is 2.29 bits per heavy atom. The van der Waals surface area contributed by atoms with Crippen molar-refractivity contribution < 1.29 is 9.26 Å². The molecule has 9 heteroatoms. The Bertz CT molecular complexity index is 836. The van der Waals surface area contributed by atoms with E-state index in [-0.39, 0.29) is 0 Å². The Labute approximate surface area is 152 Å². The predicted molar refractivity (Wildman–Crippen MR) is 98.7 cm³/mol. The van der Waals surface area contributed by atoms with Crippen LogP contribution in [0.25, 0.3) is 10.7 Å². The average Bonchev–Trinajstić information content (AvgIpc) is 3.24. The number of benzene rings is 1. The van der Waals surface area contributed by atoms with Crippen LogP contribution in [0.1, 0.15) is 5.89 Å². The number of nitrogens with one attached hydrogen (secondary N) is 2. The molecule has 6 nitrogen and oxygen atoms in total. The third kappa shape index (κ3) is 4.02. The topological polar surface area (TPSA) is 72.2 Å².